The molecule has 0 bridgehead atoms. The molecule has 0 fully saturated rings. The van der Waals surface area contributed by atoms with E-state index in [0.29, 0.717) is 6.42 Å². The van der Waals surface area contributed by atoms with Gasteiger partial charge in [-0.3, -0.25) is 4.79 Å². The van der Waals surface area contributed by atoms with Crippen LogP contribution in [0, 0.1) is 6.92 Å². The van der Waals surface area contributed by atoms with Gasteiger partial charge < -0.3 is 10.8 Å². The van der Waals surface area contributed by atoms with Gasteiger partial charge in [0.2, 0.25) is 0 Å². The molecule has 1 aromatic carbocycles. The number of benzene rings is 1. The van der Waals surface area contributed by atoms with Crippen molar-refractivity contribution in [2.45, 2.75) is 43.7 Å². The molecule has 3 nitrogen and oxygen atoms in total. The Hall–Kier alpha value is -1.00. The molecule has 0 saturated heterocycles. The number of nitrogens with two attached hydrogens (primary N) is 1. The van der Waals surface area contributed by atoms with Crippen LogP contribution in [0.25, 0.3) is 0 Å². The number of thioether (sulfide) groups is 1. The van der Waals surface area contributed by atoms with Crippen LogP contribution in [0.15, 0.2) is 24.3 Å². The van der Waals surface area contributed by atoms with Gasteiger partial charge in [-0.05, 0) is 25.8 Å². The normalized spacial score (nSPS) is 16.0. The van der Waals surface area contributed by atoms with Crippen molar-refractivity contribution < 1.29 is 9.90 Å². The largest absolute Gasteiger partial charge is 0.480 e. The summed E-state index contributed by atoms with van der Waals surface area (Å²) >= 11 is 1.74. The fourth-order valence-electron chi connectivity index (χ4n) is 1.78. The molecule has 0 aliphatic rings. The predicted octanol–water partition coefficient (Wildman–Crippen LogP) is 2.81. The maximum Gasteiger partial charge on any atom is 0.323 e. The van der Waals surface area contributed by atoms with Gasteiger partial charge in [-0.1, -0.05) is 36.8 Å². The van der Waals surface area contributed by atoms with Gasteiger partial charge in [0.15, 0.2) is 0 Å². The molecule has 2 atom stereocenters. The third kappa shape index (κ3) is 4.70. The zero-order valence-electron chi connectivity index (χ0n) is 11.1. The zero-order valence-corrected chi connectivity index (χ0v) is 12.0. The third-order valence-electron chi connectivity index (χ3n) is 2.82. The van der Waals surface area contributed by atoms with Crippen LogP contribution in [0.2, 0.25) is 0 Å². The Kier molecular flexibility index (Phi) is 5.23. The number of aliphatic carboxylic acids is 1. The second-order valence-corrected chi connectivity index (χ2v) is 6.46. The van der Waals surface area contributed by atoms with Crippen molar-refractivity contribution in [3.8, 4) is 0 Å². The molecule has 0 amide bonds. The van der Waals surface area contributed by atoms with Crippen LogP contribution >= 0.6 is 11.8 Å². The van der Waals surface area contributed by atoms with E-state index in [9.17, 15) is 4.79 Å². The molecule has 1 rings (SSSR count). The molecular formula is C14H21NO2S. The summed E-state index contributed by atoms with van der Waals surface area (Å²) in [6.45, 7) is 5.66. The lowest BCUT2D eigenvalue weighted by molar-refractivity contribution is -0.142. The number of carboxylic acid groups (broad SMARTS) is 1. The van der Waals surface area contributed by atoms with Crippen molar-refractivity contribution in [3.05, 3.63) is 35.4 Å². The minimum absolute atomic E-state index is 0.219. The average molecular weight is 267 g/mol. The fourth-order valence-corrected chi connectivity index (χ4v) is 2.90. The molecule has 18 heavy (non-hydrogen) atoms. The van der Waals surface area contributed by atoms with E-state index in [0.717, 1.165) is 5.75 Å². The Morgan fingerprint density at radius 3 is 2.78 bits per heavy atom. The van der Waals surface area contributed by atoms with Gasteiger partial charge in [0.05, 0.1) is 0 Å². The molecule has 0 aromatic heterocycles. The quantitative estimate of drug-likeness (QED) is 0.832. The van der Waals surface area contributed by atoms with Crippen LogP contribution < -0.4 is 5.73 Å². The molecule has 0 aliphatic carbocycles. The highest BCUT2D eigenvalue weighted by atomic mass is 32.2. The summed E-state index contributed by atoms with van der Waals surface area (Å²) in [5.41, 5.74) is 7.11. The summed E-state index contributed by atoms with van der Waals surface area (Å²) in [6.07, 6.45) is 0.471. The topological polar surface area (TPSA) is 63.3 Å². The molecule has 0 spiro atoms. The summed E-state index contributed by atoms with van der Waals surface area (Å²) in [5, 5.41) is 9.20. The lowest BCUT2D eigenvalue weighted by Crippen LogP contribution is -2.46. The predicted molar refractivity (Wildman–Crippen MR) is 76.8 cm³/mol. The maximum atomic E-state index is 10.9. The molecule has 100 valence electrons. The SMILES string of the molecule is Cc1cccc(CSC(C)CC(C)(N)C(=O)O)c1. The van der Waals surface area contributed by atoms with Crippen LogP contribution in [-0.2, 0) is 10.5 Å². The number of hydrogen-bond donors (Lipinski definition) is 2. The molecule has 0 saturated carbocycles. The maximum absolute atomic E-state index is 10.9. The van der Waals surface area contributed by atoms with Crippen molar-refractivity contribution in [2.75, 3.05) is 0 Å². The van der Waals surface area contributed by atoms with E-state index >= 15 is 0 Å². The first kappa shape index (κ1) is 15.1. The monoisotopic (exact) mass is 267 g/mol. The zero-order chi connectivity index (χ0) is 13.8. The molecule has 0 aliphatic heterocycles. The van der Waals surface area contributed by atoms with Crippen molar-refractivity contribution >= 4 is 17.7 Å². The number of aryl methyl sites for hydroxylation is 1. The summed E-state index contributed by atoms with van der Waals surface area (Å²) < 4.78 is 0. The van der Waals surface area contributed by atoms with E-state index in [4.69, 9.17) is 10.8 Å². The van der Waals surface area contributed by atoms with Gasteiger partial charge in [-0.25, -0.2) is 0 Å². The van der Waals surface area contributed by atoms with Crippen LogP contribution in [0.5, 0.6) is 0 Å². The highest BCUT2D eigenvalue weighted by molar-refractivity contribution is 7.99. The standard InChI is InChI=1S/C14H21NO2S/c1-10-5-4-6-12(7-10)9-18-11(2)8-14(3,15)13(16)17/h4-7,11H,8-9,15H2,1-3H3,(H,16,17). The van der Waals surface area contributed by atoms with Crippen LogP contribution in [0.3, 0.4) is 0 Å². The minimum atomic E-state index is -1.14. The van der Waals surface area contributed by atoms with Gasteiger partial charge >= 0.3 is 5.97 Å². The highest BCUT2D eigenvalue weighted by Crippen LogP contribution is 2.24. The number of hydrogen-bond acceptors (Lipinski definition) is 3. The van der Waals surface area contributed by atoms with Crippen LogP contribution in [-0.4, -0.2) is 21.9 Å². The third-order valence-corrected chi connectivity index (χ3v) is 4.05. The summed E-state index contributed by atoms with van der Waals surface area (Å²) in [7, 11) is 0. The molecule has 0 heterocycles. The Bertz CT molecular complexity index is 418. The van der Waals surface area contributed by atoms with E-state index in [1.807, 2.05) is 13.0 Å². The summed E-state index contributed by atoms with van der Waals surface area (Å²) in [5.74, 6) is -0.0519. The van der Waals surface area contributed by atoms with Crippen molar-refractivity contribution in [2.24, 2.45) is 5.73 Å². The van der Waals surface area contributed by atoms with Gasteiger partial charge in [-0.2, -0.15) is 11.8 Å². The summed E-state index contributed by atoms with van der Waals surface area (Å²) in [6, 6.07) is 8.35. The molecule has 2 unspecified atom stereocenters. The van der Waals surface area contributed by atoms with Crippen LogP contribution in [0.4, 0.5) is 0 Å². The molecule has 1 aromatic rings. The number of carbonyl (C=O) groups is 1. The fraction of sp³-hybridized carbons (Fsp3) is 0.500. The molecular weight excluding hydrogens is 246 g/mol. The van der Waals surface area contributed by atoms with Gasteiger partial charge in [-0.15, -0.1) is 0 Å². The average Bonchev–Trinajstić information content (AvgIpc) is 2.25. The molecule has 4 heteroatoms. The first-order valence-electron chi connectivity index (χ1n) is 6.00. The van der Waals surface area contributed by atoms with Gasteiger partial charge in [0.25, 0.3) is 0 Å². The smallest absolute Gasteiger partial charge is 0.323 e. The van der Waals surface area contributed by atoms with Crippen molar-refractivity contribution in [1.29, 1.82) is 0 Å². The molecule has 0 radical (unpaired) electrons. The van der Waals surface area contributed by atoms with Crippen LogP contribution in [0.1, 0.15) is 31.4 Å². The van der Waals surface area contributed by atoms with E-state index in [1.54, 1.807) is 18.7 Å². The van der Waals surface area contributed by atoms with E-state index in [1.165, 1.54) is 11.1 Å². The van der Waals surface area contributed by atoms with E-state index in [-0.39, 0.29) is 5.25 Å². The molecule has 3 N–H and O–H groups in total. The lowest BCUT2D eigenvalue weighted by Gasteiger charge is -2.23. The second kappa shape index (κ2) is 6.25. The lowest BCUT2D eigenvalue weighted by atomic mass is 9.98. The van der Waals surface area contributed by atoms with E-state index < -0.39 is 11.5 Å². The van der Waals surface area contributed by atoms with Gasteiger partial charge in [0, 0.05) is 11.0 Å². The Morgan fingerprint density at radius 1 is 1.56 bits per heavy atom. The first-order chi connectivity index (χ1) is 8.31. The number of carboxylic acids is 1. The summed E-state index contributed by atoms with van der Waals surface area (Å²) in [4.78, 5) is 10.9. The Labute approximate surface area is 113 Å². The van der Waals surface area contributed by atoms with Gasteiger partial charge in [0.1, 0.15) is 5.54 Å². The Balaban J connectivity index is 2.47. The Morgan fingerprint density at radius 2 is 2.22 bits per heavy atom. The second-order valence-electron chi connectivity index (χ2n) is 5.04. The number of rotatable bonds is 6. The first-order valence-corrected chi connectivity index (χ1v) is 7.05. The van der Waals surface area contributed by atoms with Crippen molar-refractivity contribution in [1.82, 2.24) is 0 Å². The minimum Gasteiger partial charge on any atom is -0.480 e. The van der Waals surface area contributed by atoms with E-state index in [2.05, 4.69) is 25.1 Å². The van der Waals surface area contributed by atoms with Crippen molar-refractivity contribution in [3.63, 3.8) is 0 Å². The highest BCUT2D eigenvalue weighted by Gasteiger charge is 2.29.